The van der Waals surface area contributed by atoms with Gasteiger partial charge in [-0.1, -0.05) is 54.3 Å². The molecular formula is C17H16N2O3S3. The van der Waals surface area contributed by atoms with Crippen LogP contribution in [-0.4, -0.2) is 50.4 Å². The van der Waals surface area contributed by atoms with Gasteiger partial charge in [0.1, 0.15) is 4.32 Å². The van der Waals surface area contributed by atoms with Gasteiger partial charge in [-0.05, 0) is 17.7 Å². The van der Waals surface area contributed by atoms with Gasteiger partial charge in [-0.15, -0.1) is 11.8 Å². The van der Waals surface area contributed by atoms with E-state index in [1.165, 1.54) is 4.90 Å². The first kappa shape index (κ1) is 18.0. The maximum Gasteiger partial charge on any atom is 0.331 e. The Morgan fingerprint density at radius 3 is 2.64 bits per heavy atom. The molecule has 2 aliphatic rings. The standard InChI is InChI=1S/C17H16N2O3S3/c1-18-9-10-24-13(18)8-7-12-15(20)19(17(23)25-12)14(16(21)22)11-5-3-2-4-6-11/h2-8,14H,9-10H2,1H3,(H,21,22)/b12-7+,13-8+. The molecule has 25 heavy (non-hydrogen) atoms. The van der Waals surface area contributed by atoms with Crippen LogP contribution >= 0.6 is 35.7 Å². The fourth-order valence-corrected chi connectivity index (χ4v) is 4.89. The Morgan fingerprint density at radius 2 is 2.04 bits per heavy atom. The third-order valence-corrected chi connectivity index (χ3v) is 6.34. The molecule has 0 spiro atoms. The number of thiocarbonyl (C=S) groups is 1. The smallest absolute Gasteiger partial charge is 0.331 e. The number of allylic oxidation sites excluding steroid dienone is 2. The molecule has 1 amide bonds. The van der Waals surface area contributed by atoms with E-state index in [0.29, 0.717) is 10.5 Å². The molecule has 2 aliphatic heterocycles. The number of carboxylic acid groups (broad SMARTS) is 1. The summed E-state index contributed by atoms with van der Waals surface area (Å²) in [4.78, 5) is 28.3. The predicted octanol–water partition coefficient (Wildman–Crippen LogP) is 3.08. The van der Waals surface area contributed by atoms with E-state index in [9.17, 15) is 14.7 Å². The molecular weight excluding hydrogens is 376 g/mol. The van der Waals surface area contributed by atoms with E-state index in [4.69, 9.17) is 12.2 Å². The van der Waals surface area contributed by atoms with Crippen LogP contribution in [0.3, 0.4) is 0 Å². The molecule has 5 nitrogen and oxygen atoms in total. The summed E-state index contributed by atoms with van der Waals surface area (Å²) >= 11 is 8.16. The largest absolute Gasteiger partial charge is 0.479 e. The lowest BCUT2D eigenvalue weighted by molar-refractivity contribution is -0.145. The number of rotatable bonds is 4. The van der Waals surface area contributed by atoms with E-state index in [0.717, 1.165) is 29.1 Å². The van der Waals surface area contributed by atoms with Gasteiger partial charge in [-0.3, -0.25) is 9.69 Å². The van der Waals surface area contributed by atoms with E-state index in [2.05, 4.69) is 4.90 Å². The normalized spacial score (nSPS) is 22.3. The van der Waals surface area contributed by atoms with Gasteiger partial charge in [0.05, 0.1) is 9.93 Å². The number of nitrogens with zero attached hydrogens (tertiary/aromatic N) is 2. The Hall–Kier alpha value is -1.77. The fraction of sp³-hybridized carbons (Fsp3) is 0.235. The van der Waals surface area contributed by atoms with E-state index in [-0.39, 0.29) is 10.2 Å². The Morgan fingerprint density at radius 1 is 1.32 bits per heavy atom. The number of aliphatic carboxylic acids is 1. The summed E-state index contributed by atoms with van der Waals surface area (Å²) in [6.07, 6.45) is 3.62. The van der Waals surface area contributed by atoms with Crippen LogP contribution in [0.5, 0.6) is 0 Å². The number of carbonyl (C=O) groups is 2. The van der Waals surface area contributed by atoms with Crippen LogP contribution in [0.1, 0.15) is 11.6 Å². The first-order chi connectivity index (χ1) is 12.0. The van der Waals surface area contributed by atoms with Gasteiger partial charge in [0.2, 0.25) is 0 Å². The zero-order valence-corrected chi connectivity index (χ0v) is 15.9. The highest BCUT2D eigenvalue weighted by molar-refractivity contribution is 8.26. The number of carboxylic acids is 1. The second-order valence-corrected chi connectivity index (χ2v) is 8.29. The molecule has 2 fully saturated rings. The van der Waals surface area contributed by atoms with Crippen LogP contribution in [0.2, 0.25) is 0 Å². The lowest BCUT2D eigenvalue weighted by Gasteiger charge is -2.23. The van der Waals surface area contributed by atoms with Crippen LogP contribution < -0.4 is 0 Å². The highest BCUT2D eigenvalue weighted by Gasteiger charge is 2.41. The first-order valence-electron chi connectivity index (χ1n) is 7.58. The van der Waals surface area contributed by atoms with E-state index < -0.39 is 12.0 Å². The van der Waals surface area contributed by atoms with Crippen molar-refractivity contribution in [3.63, 3.8) is 0 Å². The predicted molar refractivity (Wildman–Crippen MR) is 105 cm³/mol. The van der Waals surface area contributed by atoms with Crippen LogP contribution in [0.15, 0.2) is 52.4 Å². The number of thioether (sulfide) groups is 2. The first-order valence-corrected chi connectivity index (χ1v) is 9.79. The minimum Gasteiger partial charge on any atom is -0.479 e. The summed E-state index contributed by atoms with van der Waals surface area (Å²) < 4.78 is 0.262. The van der Waals surface area contributed by atoms with Gasteiger partial charge in [-0.2, -0.15) is 0 Å². The number of hydrogen-bond acceptors (Lipinski definition) is 6. The summed E-state index contributed by atoms with van der Waals surface area (Å²) in [6, 6.07) is 7.55. The van der Waals surface area contributed by atoms with Gasteiger partial charge in [0.15, 0.2) is 6.04 Å². The van der Waals surface area contributed by atoms with Crippen LogP contribution in [0.4, 0.5) is 0 Å². The Labute approximate surface area is 159 Å². The molecule has 130 valence electrons. The topological polar surface area (TPSA) is 60.9 Å². The second kappa shape index (κ2) is 7.63. The lowest BCUT2D eigenvalue weighted by Crippen LogP contribution is -2.37. The van der Waals surface area contributed by atoms with Gasteiger partial charge in [0.25, 0.3) is 5.91 Å². The Kier molecular flexibility index (Phi) is 5.51. The van der Waals surface area contributed by atoms with Gasteiger partial charge >= 0.3 is 5.97 Å². The number of hydrogen-bond donors (Lipinski definition) is 1. The molecule has 0 aromatic heterocycles. The van der Waals surface area contributed by atoms with Crippen molar-refractivity contribution in [2.75, 3.05) is 19.3 Å². The fourth-order valence-electron chi connectivity index (χ4n) is 2.58. The lowest BCUT2D eigenvalue weighted by atomic mass is 10.1. The van der Waals surface area contributed by atoms with Crippen molar-refractivity contribution in [1.29, 1.82) is 0 Å². The summed E-state index contributed by atoms with van der Waals surface area (Å²) in [7, 11) is 2.00. The second-order valence-electron chi connectivity index (χ2n) is 5.50. The van der Waals surface area contributed by atoms with Crippen molar-refractivity contribution in [1.82, 2.24) is 9.80 Å². The molecule has 1 aromatic rings. The molecule has 1 unspecified atom stereocenters. The summed E-state index contributed by atoms with van der Waals surface area (Å²) in [5, 5.41) is 10.7. The molecule has 2 heterocycles. The average Bonchev–Trinajstić information content (AvgIpc) is 3.11. The highest BCUT2D eigenvalue weighted by Crippen LogP contribution is 2.38. The third kappa shape index (κ3) is 3.75. The maximum absolute atomic E-state index is 12.8. The van der Waals surface area contributed by atoms with Crippen molar-refractivity contribution in [3.05, 3.63) is 58.0 Å². The third-order valence-electron chi connectivity index (χ3n) is 3.86. The number of benzene rings is 1. The van der Waals surface area contributed by atoms with Crippen LogP contribution in [-0.2, 0) is 9.59 Å². The summed E-state index contributed by atoms with van der Waals surface area (Å²) in [5.41, 5.74) is 0.525. The van der Waals surface area contributed by atoms with Crippen molar-refractivity contribution >= 4 is 51.9 Å². The molecule has 2 saturated heterocycles. The molecule has 0 aliphatic carbocycles. The molecule has 1 aromatic carbocycles. The zero-order valence-electron chi connectivity index (χ0n) is 13.4. The van der Waals surface area contributed by atoms with Crippen LogP contribution in [0, 0.1) is 0 Å². The summed E-state index contributed by atoms with van der Waals surface area (Å²) in [6.45, 7) is 0.973. The minimum atomic E-state index is -1.12. The Bertz CT molecular complexity index is 777. The van der Waals surface area contributed by atoms with Gasteiger partial charge < -0.3 is 10.0 Å². The quantitative estimate of drug-likeness (QED) is 0.624. The SMILES string of the molecule is CN1CCS/C1=C/C=C1/SC(=S)N(C(C(=O)O)c2ccccc2)C1=O. The van der Waals surface area contributed by atoms with Gasteiger partial charge in [0, 0.05) is 19.3 Å². The van der Waals surface area contributed by atoms with E-state index in [1.807, 2.05) is 13.1 Å². The van der Waals surface area contributed by atoms with Gasteiger partial charge in [-0.25, -0.2) is 4.79 Å². The monoisotopic (exact) mass is 392 g/mol. The Balaban J connectivity index is 1.89. The molecule has 0 radical (unpaired) electrons. The van der Waals surface area contributed by atoms with Crippen molar-refractivity contribution in [2.45, 2.75) is 6.04 Å². The number of amides is 1. The highest BCUT2D eigenvalue weighted by atomic mass is 32.2. The number of carbonyl (C=O) groups excluding carboxylic acids is 1. The van der Waals surface area contributed by atoms with Crippen molar-refractivity contribution in [2.24, 2.45) is 0 Å². The van der Waals surface area contributed by atoms with Crippen molar-refractivity contribution < 1.29 is 14.7 Å². The van der Waals surface area contributed by atoms with E-state index in [1.54, 1.807) is 48.2 Å². The van der Waals surface area contributed by atoms with Crippen molar-refractivity contribution in [3.8, 4) is 0 Å². The average molecular weight is 393 g/mol. The zero-order chi connectivity index (χ0) is 18.0. The molecule has 0 bridgehead atoms. The minimum absolute atomic E-state index is 0.262. The molecule has 0 saturated carbocycles. The van der Waals surface area contributed by atoms with Crippen LogP contribution in [0.25, 0.3) is 0 Å². The molecule has 1 atom stereocenters. The van der Waals surface area contributed by atoms with E-state index >= 15 is 0 Å². The molecule has 1 N–H and O–H groups in total. The summed E-state index contributed by atoms with van der Waals surface area (Å²) in [5.74, 6) is -0.450. The molecule has 3 rings (SSSR count). The maximum atomic E-state index is 12.8. The molecule has 8 heteroatoms.